The highest BCUT2D eigenvalue weighted by Gasteiger charge is 2.20. The number of aromatic nitrogens is 3. The lowest BCUT2D eigenvalue weighted by atomic mass is 10.1. The van der Waals surface area contributed by atoms with Crippen LogP contribution in [0.2, 0.25) is 0 Å². The van der Waals surface area contributed by atoms with Crippen molar-refractivity contribution in [2.45, 2.75) is 0 Å². The van der Waals surface area contributed by atoms with Crippen LogP contribution in [0.25, 0.3) is 33.3 Å². The largest absolute Gasteiger partial charge is 0.397 e. The summed E-state index contributed by atoms with van der Waals surface area (Å²) < 4.78 is 14.3. The number of benzene rings is 2. The molecule has 2 aromatic heterocycles. The van der Waals surface area contributed by atoms with E-state index in [2.05, 4.69) is 26.9 Å². The van der Waals surface area contributed by atoms with Gasteiger partial charge in [0.2, 0.25) is 0 Å². The lowest BCUT2D eigenvalue weighted by Gasteiger charge is -2.31. The number of hydrogen-bond acceptors (Lipinski definition) is 4. The van der Waals surface area contributed by atoms with Gasteiger partial charge in [-0.15, -0.1) is 0 Å². The van der Waals surface area contributed by atoms with E-state index in [0.717, 1.165) is 42.9 Å². The van der Waals surface area contributed by atoms with Crippen LogP contribution in [-0.4, -0.2) is 48.2 Å². The number of pyridine rings is 1. The Morgan fingerprint density at radius 3 is 2.72 bits per heavy atom. The Bertz CT molecular complexity index is 1290. The zero-order valence-corrected chi connectivity index (χ0v) is 16.1. The number of rotatable bonds is 2. The van der Waals surface area contributed by atoms with E-state index in [1.165, 1.54) is 17.0 Å². The predicted molar refractivity (Wildman–Crippen MR) is 113 cm³/mol. The zero-order chi connectivity index (χ0) is 20.1. The number of aromatic amines is 2. The molecule has 0 saturated carbocycles. The lowest BCUT2D eigenvalue weighted by Crippen LogP contribution is -3.12. The number of imidazole rings is 1. The van der Waals surface area contributed by atoms with E-state index < -0.39 is 11.4 Å². The van der Waals surface area contributed by atoms with Crippen molar-refractivity contribution in [1.82, 2.24) is 15.0 Å². The third kappa shape index (κ3) is 2.92. The Hall–Kier alpha value is -3.39. The number of hydrogen-bond donors (Lipinski definition) is 4. The standard InChI is InChI=1S/C21H21FN6O/c1-27-7-9-28(10-8-27)12-5-6-14-16(11-12)25-20(24-14)18-19(23)17-13(22)3-2-4-15(17)26-21(18)29/h2-6,11H,7-10H2,1H3,(H,24,25)(H3,23,26,29)/p+1. The van der Waals surface area contributed by atoms with Gasteiger partial charge in [-0.25, -0.2) is 9.37 Å². The van der Waals surface area contributed by atoms with Crippen LogP contribution in [0.5, 0.6) is 0 Å². The van der Waals surface area contributed by atoms with Gasteiger partial charge in [0.15, 0.2) is 0 Å². The third-order valence-electron chi connectivity index (χ3n) is 5.71. The highest BCUT2D eigenvalue weighted by molar-refractivity contribution is 5.98. The van der Waals surface area contributed by atoms with Gasteiger partial charge >= 0.3 is 0 Å². The monoisotopic (exact) mass is 393 g/mol. The van der Waals surface area contributed by atoms with Crippen molar-refractivity contribution >= 4 is 33.3 Å². The van der Waals surface area contributed by atoms with Crippen molar-refractivity contribution in [1.29, 1.82) is 0 Å². The van der Waals surface area contributed by atoms with Crippen molar-refractivity contribution in [2.75, 3.05) is 43.9 Å². The van der Waals surface area contributed by atoms with Crippen molar-refractivity contribution in [3.63, 3.8) is 0 Å². The molecule has 1 aliphatic heterocycles. The molecular formula is C21H22FN6O+. The van der Waals surface area contributed by atoms with Crippen molar-refractivity contribution in [2.24, 2.45) is 0 Å². The van der Waals surface area contributed by atoms with Gasteiger partial charge in [0.25, 0.3) is 5.56 Å². The average molecular weight is 393 g/mol. The summed E-state index contributed by atoms with van der Waals surface area (Å²) in [5.41, 5.74) is 9.08. The highest BCUT2D eigenvalue weighted by Crippen LogP contribution is 2.30. The molecule has 0 amide bonds. The van der Waals surface area contributed by atoms with Gasteiger partial charge in [-0.05, 0) is 30.3 Å². The van der Waals surface area contributed by atoms with Gasteiger partial charge in [0.05, 0.1) is 60.9 Å². The number of nitrogens with one attached hydrogen (secondary N) is 3. The number of likely N-dealkylation sites (N-methyl/N-ethyl adjacent to an activating group) is 1. The first-order valence-corrected chi connectivity index (χ1v) is 9.67. The number of nitrogens with zero attached hydrogens (tertiary/aromatic N) is 2. The van der Waals surface area contributed by atoms with Crippen molar-refractivity contribution in [3.8, 4) is 11.4 Å². The van der Waals surface area contributed by atoms with Crippen LogP contribution in [0.1, 0.15) is 0 Å². The van der Waals surface area contributed by atoms with Gasteiger partial charge in [0, 0.05) is 5.69 Å². The van der Waals surface area contributed by atoms with E-state index in [1.807, 2.05) is 18.2 Å². The number of anilines is 2. The number of quaternary nitrogens is 1. The first-order chi connectivity index (χ1) is 14.0. The molecule has 4 aromatic rings. The second-order valence-electron chi connectivity index (χ2n) is 7.64. The molecule has 0 unspecified atom stereocenters. The van der Waals surface area contributed by atoms with E-state index in [-0.39, 0.29) is 16.6 Å². The fourth-order valence-corrected chi connectivity index (χ4v) is 4.03. The quantitative estimate of drug-likeness (QED) is 0.411. The van der Waals surface area contributed by atoms with Crippen LogP contribution in [-0.2, 0) is 0 Å². The van der Waals surface area contributed by atoms with E-state index in [0.29, 0.717) is 11.3 Å². The van der Waals surface area contributed by atoms with Crippen molar-refractivity contribution in [3.05, 3.63) is 52.6 Å². The molecule has 1 aliphatic rings. The summed E-state index contributed by atoms with van der Waals surface area (Å²) in [7, 11) is 2.20. The van der Waals surface area contributed by atoms with Gasteiger partial charge < -0.3 is 25.5 Å². The molecule has 7 nitrogen and oxygen atoms in total. The molecule has 1 saturated heterocycles. The fraction of sp³-hybridized carbons (Fsp3) is 0.238. The molecule has 0 bridgehead atoms. The fourth-order valence-electron chi connectivity index (χ4n) is 4.03. The number of nitrogen functional groups attached to an aromatic ring is 1. The lowest BCUT2D eigenvalue weighted by molar-refractivity contribution is -0.880. The zero-order valence-electron chi connectivity index (χ0n) is 16.1. The Morgan fingerprint density at radius 2 is 1.93 bits per heavy atom. The maximum absolute atomic E-state index is 14.3. The number of piperazine rings is 1. The molecule has 0 atom stereocenters. The molecule has 5 N–H and O–H groups in total. The van der Waals surface area contributed by atoms with E-state index >= 15 is 0 Å². The van der Waals surface area contributed by atoms with E-state index in [9.17, 15) is 9.18 Å². The van der Waals surface area contributed by atoms with Gasteiger partial charge in [-0.2, -0.15) is 0 Å². The highest BCUT2D eigenvalue weighted by atomic mass is 19.1. The molecule has 5 rings (SSSR count). The van der Waals surface area contributed by atoms with Crippen molar-refractivity contribution < 1.29 is 9.29 Å². The van der Waals surface area contributed by atoms with Gasteiger partial charge in [-0.1, -0.05) is 6.07 Å². The minimum atomic E-state index is -0.479. The molecule has 29 heavy (non-hydrogen) atoms. The smallest absolute Gasteiger partial charge is 0.261 e. The summed E-state index contributed by atoms with van der Waals surface area (Å²) in [6.07, 6.45) is 0. The second kappa shape index (κ2) is 6.59. The first-order valence-electron chi connectivity index (χ1n) is 9.67. The topological polar surface area (TPSA) is 95.2 Å². The van der Waals surface area contributed by atoms with Crippen LogP contribution < -0.4 is 21.1 Å². The molecule has 8 heteroatoms. The minimum Gasteiger partial charge on any atom is -0.397 e. The normalized spacial score (nSPS) is 15.4. The molecule has 2 aromatic carbocycles. The van der Waals surface area contributed by atoms with Gasteiger partial charge in [-0.3, -0.25) is 4.79 Å². The molecule has 3 heterocycles. The number of halogens is 1. The number of H-pyrrole nitrogens is 2. The summed E-state index contributed by atoms with van der Waals surface area (Å²) in [4.78, 5) is 27.0. The number of nitrogens with two attached hydrogens (primary N) is 1. The van der Waals surface area contributed by atoms with E-state index in [1.54, 1.807) is 6.07 Å². The summed E-state index contributed by atoms with van der Waals surface area (Å²) in [5.74, 6) is -0.142. The summed E-state index contributed by atoms with van der Waals surface area (Å²) in [6, 6.07) is 10.5. The molecule has 1 fully saturated rings. The summed E-state index contributed by atoms with van der Waals surface area (Å²) in [5, 5.41) is 0.197. The number of fused-ring (bicyclic) bond motifs is 2. The Kier molecular flexibility index (Phi) is 4.02. The average Bonchev–Trinajstić information content (AvgIpc) is 3.11. The van der Waals surface area contributed by atoms with Crippen LogP contribution >= 0.6 is 0 Å². The van der Waals surface area contributed by atoms with E-state index in [4.69, 9.17) is 5.73 Å². The molecule has 0 aliphatic carbocycles. The van der Waals surface area contributed by atoms with Crippen LogP contribution in [0.3, 0.4) is 0 Å². The Labute approximate surface area is 166 Å². The molecule has 0 spiro atoms. The maximum atomic E-state index is 14.3. The first kappa shape index (κ1) is 17.7. The SMILES string of the molecule is C[NH+]1CCN(c2ccc3nc(-c4c(N)c5c(F)cccc5[nH]c4=O)[nH]c3c2)CC1. The molecule has 148 valence electrons. The minimum absolute atomic E-state index is 0.0863. The summed E-state index contributed by atoms with van der Waals surface area (Å²) in [6.45, 7) is 4.19. The molecular weight excluding hydrogens is 371 g/mol. The predicted octanol–water partition coefficient (Wildman–Crippen LogP) is 1.13. The third-order valence-corrected chi connectivity index (χ3v) is 5.71. The van der Waals surface area contributed by atoms with Crippen LogP contribution in [0.15, 0.2) is 41.2 Å². The van der Waals surface area contributed by atoms with Crippen LogP contribution in [0, 0.1) is 5.82 Å². The van der Waals surface area contributed by atoms with Crippen LogP contribution in [0.4, 0.5) is 15.8 Å². The summed E-state index contributed by atoms with van der Waals surface area (Å²) >= 11 is 0. The maximum Gasteiger partial charge on any atom is 0.261 e. The Balaban J connectivity index is 1.61. The second-order valence-corrected chi connectivity index (χ2v) is 7.64. The Morgan fingerprint density at radius 1 is 1.14 bits per heavy atom. The van der Waals surface area contributed by atoms with Gasteiger partial charge in [0.1, 0.15) is 17.2 Å². The molecule has 0 radical (unpaired) electrons.